The van der Waals surface area contributed by atoms with Gasteiger partial charge in [-0.15, -0.1) is 0 Å². The molecule has 2 amide bonds. The van der Waals surface area contributed by atoms with Crippen LogP contribution in [-0.4, -0.2) is 30.1 Å². The molecule has 0 spiro atoms. The Morgan fingerprint density at radius 2 is 1.66 bits per heavy atom. The van der Waals surface area contributed by atoms with E-state index in [1.165, 1.54) is 5.56 Å². The van der Waals surface area contributed by atoms with Crippen LogP contribution in [0.2, 0.25) is 0 Å². The summed E-state index contributed by atoms with van der Waals surface area (Å²) in [5.74, 6) is -0.144. The number of carbonyl (C=O) groups excluding carboxylic acids is 2. The van der Waals surface area contributed by atoms with E-state index >= 15 is 0 Å². The molecule has 0 radical (unpaired) electrons. The molecule has 2 N–H and O–H groups in total. The van der Waals surface area contributed by atoms with Crippen LogP contribution < -0.4 is 10.6 Å². The fourth-order valence-electron chi connectivity index (χ4n) is 3.66. The fourth-order valence-corrected chi connectivity index (χ4v) is 3.66. The van der Waals surface area contributed by atoms with Gasteiger partial charge in [0.05, 0.1) is 6.54 Å². The Hall–Kier alpha value is -3.41. The lowest BCUT2D eigenvalue weighted by molar-refractivity contribution is -0.120. The maximum atomic E-state index is 12.3. The second kappa shape index (κ2) is 8.31. The van der Waals surface area contributed by atoms with Gasteiger partial charge >= 0.3 is 0 Å². The van der Waals surface area contributed by atoms with E-state index in [2.05, 4.69) is 27.9 Å². The molecule has 1 heterocycles. The van der Waals surface area contributed by atoms with Crippen molar-refractivity contribution < 1.29 is 14.1 Å². The molecule has 0 unspecified atom stereocenters. The van der Waals surface area contributed by atoms with Crippen LogP contribution in [0.15, 0.2) is 71.3 Å². The first-order chi connectivity index (χ1) is 14.2. The topological polar surface area (TPSA) is 84.2 Å². The molecular weight excluding hydrogens is 366 g/mol. The lowest BCUT2D eigenvalue weighted by atomic mass is 9.64. The highest BCUT2D eigenvalue weighted by atomic mass is 16.5. The predicted octanol–water partition coefficient (Wildman–Crippen LogP) is 3.31. The van der Waals surface area contributed by atoms with Crippen LogP contribution in [-0.2, 0) is 10.2 Å². The van der Waals surface area contributed by atoms with Gasteiger partial charge in [-0.1, -0.05) is 72.2 Å². The van der Waals surface area contributed by atoms with Gasteiger partial charge in [-0.2, -0.15) is 0 Å². The van der Waals surface area contributed by atoms with E-state index in [0.29, 0.717) is 12.3 Å². The SMILES string of the molecule is O=C(CNC(=O)c1cc(-c2ccccc2)on1)NCC1(c2ccccc2)CCC1. The van der Waals surface area contributed by atoms with Crippen LogP contribution in [0.4, 0.5) is 0 Å². The highest BCUT2D eigenvalue weighted by molar-refractivity contribution is 5.95. The first kappa shape index (κ1) is 18.9. The fraction of sp³-hybridized carbons (Fsp3) is 0.261. The second-order valence-electron chi connectivity index (χ2n) is 7.40. The van der Waals surface area contributed by atoms with Gasteiger partial charge in [-0.05, 0) is 18.4 Å². The van der Waals surface area contributed by atoms with Gasteiger partial charge in [0.15, 0.2) is 11.5 Å². The lowest BCUT2D eigenvalue weighted by Crippen LogP contribution is -2.47. The molecule has 1 fully saturated rings. The molecule has 3 aromatic rings. The van der Waals surface area contributed by atoms with Crippen molar-refractivity contribution in [1.82, 2.24) is 15.8 Å². The van der Waals surface area contributed by atoms with Crippen molar-refractivity contribution in [2.75, 3.05) is 13.1 Å². The number of amides is 2. The number of nitrogens with zero attached hydrogens (tertiary/aromatic N) is 1. The van der Waals surface area contributed by atoms with Crippen molar-refractivity contribution in [3.63, 3.8) is 0 Å². The van der Waals surface area contributed by atoms with Crippen LogP contribution >= 0.6 is 0 Å². The summed E-state index contributed by atoms with van der Waals surface area (Å²) in [5.41, 5.74) is 2.25. The van der Waals surface area contributed by atoms with Crippen molar-refractivity contribution in [2.45, 2.75) is 24.7 Å². The Kier molecular flexibility index (Phi) is 5.42. The maximum Gasteiger partial charge on any atom is 0.273 e. The van der Waals surface area contributed by atoms with E-state index in [4.69, 9.17) is 4.52 Å². The van der Waals surface area contributed by atoms with Crippen LogP contribution in [0.1, 0.15) is 35.3 Å². The first-order valence-corrected chi connectivity index (χ1v) is 9.79. The normalized spacial score (nSPS) is 14.6. The van der Waals surface area contributed by atoms with Crippen molar-refractivity contribution in [3.05, 3.63) is 78.0 Å². The van der Waals surface area contributed by atoms with Crippen LogP contribution in [0.3, 0.4) is 0 Å². The highest BCUT2D eigenvalue weighted by Gasteiger charge is 2.38. The predicted molar refractivity (Wildman–Crippen MR) is 109 cm³/mol. The molecule has 0 atom stereocenters. The van der Waals surface area contributed by atoms with Crippen LogP contribution in [0.25, 0.3) is 11.3 Å². The Labute approximate surface area is 169 Å². The number of rotatable bonds is 7. The quantitative estimate of drug-likeness (QED) is 0.649. The summed E-state index contributed by atoms with van der Waals surface area (Å²) in [6.45, 7) is 0.477. The minimum Gasteiger partial charge on any atom is -0.355 e. The zero-order valence-corrected chi connectivity index (χ0v) is 16.1. The molecule has 0 aliphatic heterocycles. The Morgan fingerprint density at radius 1 is 0.966 bits per heavy atom. The molecule has 6 heteroatoms. The second-order valence-corrected chi connectivity index (χ2v) is 7.40. The van der Waals surface area contributed by atoms with Gasteiger partial charge in [0, 0.05) is 23.6 Å². The summed E-state index contributed by atoms with van der Waals surface area (Å²) in [6.07, 6.45) is 3.28. The minimum atomic E-state index is -0.438. The van der Waals surface area contributed by atoms with E-state index < -0.39 is 5.91 Å². The molecule has 6 nitrogen and oxygen atoms in total. The first-order valence-electron chi connectivity index (χ1n) is 9.79. The van der Waals surface area contributed by atoms with Crippen LogP contribution in [0, 0.1) is 0 Å². The zero-order chi connectivity index (χ0) is 20.1. The van der Waals surface area contributed by atoms with Crippen molar-refractivity contribution >= 4 is 11.8 Å². The van der Waals surface area contributed by atoms with Gasteiger partial charge in [-0.25, -0.2) is 0 Å². The molecule has 0 saturated heterocycles. The number of hydrogen-bond acceptors (Lipinski definition) is 4. The molecule has 148 valence electrons. The summed E-state index contributed by atoms with van der Waals surface area (Å²) in [5, 5.41) is 9.37. The van der Waals surface area contributed by atoms with Crippen molar-refractivity contribution in [1.29, 1.82) is 0 Å². The molecule has 1 aliphatic rings. The standard InChI is InChI=1S/C23H23N3O3/c27-21(25-16-23(12-7-13-23)18-10-5-2-6-11-18)15-24-22(28)19-14-20(29-26-19)17-8-3-1-4-9-17/h1-6,8-11,14H,7,12-13,15-16H2,(H,24,28)(H,25,27). The summed E-state index contributed by atoms with van der Waals surface area (Å²) in [4.78, 5) is 24.5. The van der Waals surface area contributed by atoms with E-state index in [1.807, 2.05) is 48.5 Å². The zero-order valence-electron chi connectivity index (χ0n) is 16.1. The highest BCUT2D eigenvalue weighted by Crippen LogP contribution is 2.43. The summed E-state index contributed by atoms with van der Waals surface area (Å²) < 4.78 is 5.23. The third kappa shape index (κ3) is 4.21. The molecule has 1 aliphatic carbocycles. The molecule has 1 saturated carbocycles. The van der Waals surface area contributed by atoms with Crippen molar-refractivity contribution in [2.24, 2.45) is 0 Å². The van der Waals surface area contributed by atoms with E-state index in [1.54, 1.807) is 6.07 Å². The summed E-state index contributed by atoms with van der Waals surface area (Å²) in [6, 6.07) is 21.3. The van der Waals surface area contributed by atoms with E-state index in [9.17, 15) is 9.59 Å². The van der Waals surface area contributed by atoms with Gasteiger partial charge in [-0.3, -0.25) is 9.59 Å². The summed E-state index contributed by atoms with van der Waals surface area (Å²) >= 11 is 0. The number of carbonyl (C=O) groups is 2. The number of nitrogens with one attached hydrogen (secondary N) is 2. The number of aromatic nitrogens is 1. The maximum absolute atomic E-state index is 12.3. The van der Waals surface area contributed by atoms with Gasteiger partial charge < -0.3 is 15.2 Å². The monoisotopic (exact) mass is 389 g/mol. The molecule has 1 aromatic heterocycles. The van der Waals surface area contributed by atoms with Gasteiger partial charge in [0.2, 0.25) is 5.91 Å². The summed E-state index contributed by atoms with van der Waals surface area (Å²) in [7, 11) is 0. The van der Waals surface area contributed by atoms with E-state index in [-0.39, 0.29) is 23.6 Å². The Bertz CT molecular complexity index is 979. The third-order valence-corrected chi connectivity index (χ3v) is 5.53. The van der Waals surface area contributed by atoms with Gasteiger partial charge in [0.1, 0.15) is 0 Å². The van der Waals surface area contributed by atoms with E-state index in [0.717, 1.165) is 24.8 Å². The number of benzene rings is 2. The van der Waals surface area contributed by atoms with Crippen LogP contribution in [0.5, 0.6) is 0 Å². The third-order valence-electron chi connectivity index (χ3n) is 5.53. The molecule has 4 rings (SSSR count). The number of hydrogen-bond donors (Lipinski definition) is 2. The van der Waals surface area contributed by atoms with Crippen molar-refractivity contribution in [3.8, 4) is 11.3 Å². The molecule has 0 bridgehead atoms. The largest absolute Gasteiger partial charge is 0.355 e. The smallest absolute Gasteiger partial charge is 0.273 e. The average molecular weight is 389 g/mol. The average Bonchev–Trinajstić information content (AvgIpc) is 3.23. The van der Waals surface area contributed by atoms with Gasteiger partial charge in [0.25, 0.3) is 5.91 Å². The molecule has 2 aromatic carbocycles. The Morgan fingerprint density at radius 3 is 2.31 bits per heavy atom. The molecule has 29 heavy (non-hydrogen) atoms. The molecular formula is C23H23N3O3. The lowest BCUT2D eigenvalue weighted by Gasteiger charge is -2.42. The Balaban J connectivity index is 1.29. The minimum absolute atomic E-state index is 0.0115.